The predicted molar refractivity (Wildman–Crippen MR) is 85.9 cm³/mol. The van der Waals surface area contributed by atoms with Crippen LogP contribution < -0.4 is 5.73 Å². The number of carboxylic acids is 1. The number of aliphatic carboxylic acids is 1. The molecule has 8 nitrogen and oxygen atoms in total. The van der Waals surface area contributed by atoms with E-state index < -0.39 is 21.8 Å². The van der Waals surface area contributed by atoms with Crippen LogP contribution in [0.2, 0.25) is 0 Å². The van der Waals surface area contributed by atoms with Crippen molar-refractivity contribution < 1.29 is 23.1 Å². The van der Waals surface area contributed by atoms with Crippen molar-refractivity contribution >= 4 is 39.6 Å². The molecule has 0 radical (unpaired) electrons. The Labute approximate surface area is 134 Å². The average molecular weight is 351 g/mol. The Hall–Kier alpha value is -1.13. The zero-order valence-corrected chi connectivity index (χ0v) is 14.0. The minimum Gasteiger partial charge on any atom is -0.480 e. The van der Waals surface area contributed by atoms with E-state index in [0.717, 1.165) is 0 Å². The van der Waals surface area contributed by atoms with Crippen LogP contribution in [0.25, 0.3) is 0 Å². The van der Waals surface area contributed by atoms with Crippen LogP contribution in [0, 0.1) is 0 Å². The van der Waals surface area contributed by atoms with Crippen molar-refractivity contribution in [3.8, 4) is 0 Å². The van der Waals surface area contributed by atoms with Crippen LogP contribution in [-0.4, -0.2) is 78.1 Å². The second-order valence-electron chi connectivity index (χ2n) is 5.11. The highest BCUT2D eigenvalue weighted by Gasteiger charge is 2.27. The molecule has 0 aromatic carbocycles. The Morgan fingerprint density at radius 2 is 2.23 bits per heavy atom. The van der Waals surface area contributed by atoms with Gasteiger partial charge in [0.25, 0.3) is 0 Å². The first-order valence-electron chi connectivity index (χ1n) is 6.81. The Bertz CT molecular complexity index is 535. The predicted octanol–water partition coefficient (Wildman–Crippen LogP) is -0.805. The van der Waals surface area contributed by atoms with Gasteiger partial charge in [0.15, 0.2) is 15.6 Å². The lowest BCUT2D eigenvalue weighted by molar-refractivity contribution is -0.137. The summed E-state index contributed by atoms with van der Waals surface area (Å²) in [5.41, 5.74) is 5.34. The molecule has 0 saturated carbocycles. The summed E-state index contributed by atoms with van der Waals surface area (Å²) in [6.45, 7) is 2.04. The molecule has 22 heavy (non-hydrogen) atoms. The van der Waals surface area contributed by atoms with Crippen LogP contribution in [0.5, 0.6) is 0 Å². The molecule has 2 atom stereocenters. The van der Waals surface area contributed by atoms with Gasteiger partial charge in [-0.2, -0.15) is 16.9 Å². The van der Waals surface area contributed by atoms with E-state index in [4.69, 9.17) is 10.8 Å². The van der Waals surface area contributed by atoms with Crippen molar-refractivity contribution in [3.05, 3.63) is 0 Å². The van der Waals surface area contributed by atoms with Crippen molar-refractivity contribution in [2.45, 2.75) is 25.4 Å². The Morgan fingerprint density at radius 3 is 2.82 bits per heavy atom. The fourth-order valence-corrected chi connectivity index (χ4v) is 4.27. The van der Waals surface area contributed by atoms with Crippen LogP contribution in [0.15, 0.2) is 5.10 Å². The van der Waals surface area contributed by atoms with Gasteiger partial charge in [-0.1, -0.05) is 0 Å². The van der Waals surface area contributed by atoms with Crippen molar-refractivity contribution in [1.82, 2.24) is 5.01 Å². The molecule has 1 heterocycles. The molecule has 1 aliphatic rings. The van der Waals surface area contributed by atoms with Crippen molar-refractivity contribution in [1.29, 1.82) is 0 Å². The fraction of sp³-hybridized carbons (Fsp3) is 0.750. The van der Waals surface area contributed by atoms with E-state index in [-0.39, 0.29) is 42.0 Å². The third-order valence-corrected chi connectivity index (χ3v) is 5.98. The lowest BCUT2D eigenvalue weighted by Crippen LogP contribution is -2.44. The summed E-state index contributed by atoms with van der Waals surface area (Å²) < 4.78 is 22.8. The normalized spacial score (nSPS) is 22.6. The van der Waals surface area contributed by atoms with Gasteiger partial charge in [-0.25, -0.2) is 8.42 Å². The third-order valence-electron chi connectivity index (χ3n) is 3.09. The van der Waals surface area contributed by atoms with Gasteiger partial charge in [0.2, 0.25) is 0 Å². The molecule has 1 fully saturated rings. The molecule has 0 aliphatic carbocycles. The maximum atomic E-state index is 11.6. The largest absolute Gasteiger partial charge is 0.480 e. The van der Waals surface area contributed by atoms with Crippen molar-refractivity contribution in [3.63, 3.8) is 0 Å². The average Bonchev–Trinajstić information content (AvgIpc) is 2.41. The standard InChI is InChI=1S/C12H21N3O5S2/c1-9-8-22(19,20)5-3-15(9)14-6-10(16)2-4-21-7-11(13)12(17)18/h6,9,11H,2-5,7-8,13H2,1H3,(H,17,18)/b14-6+/t9?,11-/m0/s1. The van der Waals surface area contributed by atoms with Gasteiger partial charge < -0.3 is 10.8 Å². The summed E-state index contributed by atoms with van der Waals surface area (Å²) in [5, 5.41) is 14.2. The van der Waals surface area contributed by atoms with Crippen LogP contribution >= 0.6 is 11.8 Å². The summed E-state index contributed by atoms with van der Waals surface area (Å²) in [7, 11) is -3.00. The zero-order valence-electron chi connectivity index (χ0n) is 12.3. The number of carboxylic acid groups (broad SMARTS) is 1. The van der Waals surface area contributed by atoms with E-state index in [1.54, 1.807) is 11.9 Å². The molecule has 1 rings (SSSR count). The topological polar surface area (TPSA) is 130 Å². The summed E-state index contributed by atoms with van der Waals surface area (Å²) in [6, 6.07) is -1.17. The molecule has 10 heteroatoms. The van der Waals surface area contributed by atoms with Gasteiger partial charge in [-0.3, -0.25) is 14.6 Å². The maximum Gasteiger partial charge on any atom is 0.321 e. The number of thioether (sulfide) groups is 1. The second kappa shape index (κ2) is 8.49. The van der Waals surface area contributed by atoms with E-state index in [1.807, 2.05) is 0 Å². The molecule has 1 aliphatic heterocycles. The summed E-state index contributed by atoms with van der Waals surface area (Å²) >= 11 is 1.30. The number of rotatable bonds is 8. The number of ketones is 1. The van der Waals surface area contributed by atoms with E-state index >= 15 is 0 Å². The lowest BCUT2D eigenvalue weighted by Gasteiger charge is -2.30. The number of carbonyl (C=O) groups is 2. The molecule has 1 unspecified atom stereocenters. The molecule has 126 valence electrons. The van der Waals surface area contributed by atoms with Gasteiger partial charge in [0.05, 0.1) is 30.3 Å². The highest BCUT2D eigenvalue weighted by molar-refractivity contribution is 7.99. The van der Waals surface area contributed by atoms with Gasteiger partial charge in [0.1, 0.15) is 6.04 Å². The summed E-state index contributed by atoms with van der Waals surface area (Å²) in [4.78, 5) is 22.1. The first-order chi connectivity index (χ1) is 10.2. The smallest absolute Gasteiger partial charge is 0.321 e. The number of hydrogen-bond donors (Lipinski definition) is 2. The molecule has 1 saturated heterocycles. The number of nitrogens with zero attached hydrogens (tertiary/aromatic N) is 2. The first kappa shape index (κ1) is 18.9. The molecule has 0 aromatic rings. The Morgan fingerprint density at radius 1 is 1.55 bits per heavy atom. The number of carbonyl (C=O) groups excluding carboxylic acids is 1. The molecular formula is C12H21N3O5S2. The van der Waals surface area contributed by atoms with E-state index in [0.29, 0.717) is 5.75 Å². The van der Waals surface area contributed by atoms with E-state index in [2.05, 4.69) is 5.10 Å². The molecular weight excluding hydrogens is 330 g/mol. The monoisotopic (exact) mass is 351 g/mol. The van der Waals surface area contributed by atoms with Crippen molar-refractivity contribution in [2.24, 2.45) is 10.8 Å². The molecule has 0 amide bonds. The second-order valence-corrected chi connectivity index (χ2v) is 8.49. The van der Waals surface area contributed by atoms with E-state index in [1.165, 1.54) is 18.0 Å². The van der Waals surface area contributed by atoms with Crippen LogP contribution in [0.1, 0.15) is 13.3 Å². The molecule has 0 aromatic heterocycles. The lowest BCUT2D eigenvalue weighted by atomic mass is 10.3. The van der Waals surface area contributed by atoms with E-state index in [9.17, 15) is 18.0 Å². The fourth-order valence-electron chi connectivity index (χ4n) is 1.82. The summed E-state index contributed by atoms with van der Waals surface area (Å²) in [6.07, 6.45) is 1.44. The Kier molecular flexibility index (Phi) is 7.30. The highest BCUT2D eigenvalue weighted by Crippen LogP contribution is 2.11. The van der Waals surface area contributed by atoms with Gasteiger partial charge >= 0.3 is 5.97 Å². The van der Waals surface area contributed by atoms with Gasteiger partial charge in [-0.05, 0) is 6.92 Å². The molecule has 0 spiro atoms. The number of hydrogen-bond acceptors (Lipinski definition) is 8. The number of sulfone groups is 1. The number of nitrogens with two attached hydrogens (primary N) is 1. The first-order valence-corrected chi connectivity index (χ1v) is 9.79. The number of hydrazone groups is 1. The Balaban J connectivity index is 2.29. The number of Topliss-reactive ketones (excluding diaryl/α,β-unsaturated/α-hetero) is 1. The minimum atomic E-state index is -3.00. The maximum absolute atomic E-state index is 11.6. The molecule has 3 N–H and O–H groups in total. The molecule has 0 bridgehead atoms. The quantitative estimate of drug-likeness (QED) is 0.429. The third kappa shape index (κ3) is 6.75. The minimum absolute atomic E-state index is 0.0431. The van der Waals surface area contributed by atoms with Crippen LogP contribution in [0.4, 0.5) is 0 Å². The SMILES string of the molecule is CC1CS(=O)(=O)CCN1/N=C/C(=O)CCSC[C@H](N)C(=O)O. The zero-order chi connectivity index (χ0) is 16.8. The van der Waals surface area contributed by atoms with Crippen LogP contribution in [-0.2, 0) is 19.4 Å². The van der Waals surface area contributed by atoms with Gasteiger partial charge in [-0.15, -0.1) is 0 Å². The van der Waals surface area contributed by atoms with Crippen LogP contribution in [0.3, 0.4) is 0 Å². The summed E-state index contributed by atoms with van der Waals surface area (Å²) in [5.74, 6) is -0.435. The highest BCUT2D eigenvalue weighted by atomic mass is 32.2. The van der Waals surface area contributed by atoms with Crippen molar-refractivity contribution in [2.75, 3.05) is 29.6 Å². The van der Waals surface area contributed by atoms with Gasteiger partial charge in [0, 0.05) is 17.9 Å².